The van der Waals surface area contributed by atoms with Crippen LogP contribution in [0.1, 0.15) is 28.8 Å². The number of nitrogens with zero attached hydrogens (tertiary/aromatic N) is 1. The molecule has 4 N–H and O–H groups in total. The van der Waals surface area contributed by atoms with Crippen molar-refractivity contribution in [1.29, 1.82) is 0 Å². The molecule has 0 spiro atoms. The number of nitrogens with one attached hydrogen (secondary N) is 4. The Hall–Kier alpha value is -3.49. The maximum absolute atomic E-state index is 14.4. The largest absolute Gasteiger partial charge is 0.374 e. The van der Waals surface area contributed by atoms with Crippen molar-refractivity contribution in [3.8, 4) is 11.3 Å². The van der Waals surface area contributed by atoms with Crippen LogP contribution in [0, 0.1) is 5.82 Å². The van der Waals surface area contributed by atoms with Crippen LogP contribution in [0.15, 0.2) is 54.6 Å². The highest BCUT2D eigenvalue weighted by Gasteiger charge is 2.22. The fourth-order valence-electron chi connectivity index (χ4n) is 3.16. The molecule has 1 saturated carbocycles. The lowest BCUT2D eigenvalue weighted by Crippen LogP contribution is -2.19. The summed E-state index contributed by atoms with van der Waals surface area (Å²) in [6, 6.07) is 15.4. The Morgan fingerprint density at radius 3 is 2.73 bits per heavy atom. The van der Waals surface area contributed by atoms with Gasteiger partial charge in [-0.15, -0.1) is 5.53 Å². The minimum Gasteiger partial charge on any atom is -0.374 e. The van der Waals surface area contributed by atoms with Gasteiger partial charge in [-0.1, -0.05) is 12.1 Å². The van der Waals surface area contributed by atoms with Gasteiger partial charge < -0.3 is 15.5 Å². The van der Waals surface area contributed by atoms with Gasteiger partial charge >= 0.3 is 0 Å². The SMILES string of the molecule is O=C(Nc1ccc(COC2CC2)cc1)c1cc(-c2ccc3c(n2)NNN3)ccc1F. The van der Waals surface area contributed by atoms with E-state index in [2.05, 4.69) is 26.7 Å². The van der Waals surface area contributed by atoms with Crippen LogP contribution in [0.25, 0.3) is 11.3 Å². The Kier molecular flexibility index (Phi) is 4.78. The van der Waals surface area contributed by atoms with Crippen LogP contribution in [0.4, 0.5) is 21.6 Å². The predicted octanol–water partition coefficient (Wildman–Crippen LogP) is 4.08. The molecule has 3 aromatic rings. The van der Waals surface area contributed by atoms with E-state index >= 15 is 0 Å². The molecule has 2 heterocycles. The molecule has 0 atom stereocenters. The van der Waals surface area contributed by atoms with Crippen molar-refractivity contribution in [1.82, 2.24) is 10.5 Å². The Balaban J connectivity index is 1.32. The molecule has 1 fully saturated rings. The van der Waals surface area contributed by atoms with E-state index in [-0.39, 0.29) is 5.56 Å². The van der Waals surface area contributed by atoms with Crippen molar-refractivity contribution in [3.63, 3.8) is 0 Å². The third kappa shape index (κ3) is 3.96. The summed E-state index contributed by atoms with van der Waals surface area (Å²) in [6.07, 6.45) is 2.65. The third-order valence-corrected chi connectivity index (χ3v) is 5.00. The number of rotatable bonds is 6. The van der Waals surface area contributed by atoms with Crippen molar-refractivity contribution in [3.05, 3.63) is 71.5 Å². The second-order valence-corrected chi connectivity index (χ2v) is 7.32. The molecule has 2 aliphatic rings. The molecule has 0 radical (unpaired) electrons. The van der Waals surface area contributed by atoms with Crippen LogP contribution < -0.4 is 21.7 Å². The van der Waals surface area contributed by atoms with Crippen molar-refractivity contribution in [2.45, 2.75) is 25.6 Å². The van der Waals surface area contributed by atoms with Gasteiger partial charge in [-0.3, -0.25) is 10.2 Å². The lowest BCUT2D eigenvalue weighted by molar-refractivity contribution is 0.102. The molecule has 1 aliphatic carbocycles. The maximum atomic E-state index is 14.4. The highest BCUT2D eigenvalue weighted by Crippen LogP contribution is 2.28. The summed E-state index contributed by atoms with van der Waals surface area (Å²) in [5, 5.41) is 2.75. The number of halogens is 1. The Bertz CT molecular complexity index is 1100. The second kappa shape index (κ2) is 7.74. The topological polar surface area (TPSA) is 87.3 Å². The second-order valence-electron chi connectivity index (χ2n) is 7.32. The first-order chi connectivity index (χ1) is 14.7. The van der Waals surface area contributed by atoms with Gasteiger partial charge in [0.25, 0.3) is 5.91 Å². The molecule has 8 heteroatoms. The number of pyridine rings is 1. The van der Waals surface area contributed by atoms with Crippen LogP contribution in [0.5, 0.6) is 0 Å². The predicted molar refractivity (Wildman–Crippen MR) is 112 cm³/mol. The van der Waals surface area contributed by atoms with Gasteiger partial charge in [-0.05, 0) is 60.9 Å². The summed E-state index contributed by atoms with van der Waals surface area (Å²) in [4.78, 5) is 17.2. The monoisotopic (exact) mass is 405 g/mol. The standard InChI is InChI=1S/C22H20FN5O2/c23-18-8-3-14(19-9-10-20-21(25-19)27-28-26-20)11-17(18)22(29)24-15-4-1-13(2-5-15)12-30-16-6-7-16/h1-5,8-11,16,26,28H,6-7,12H2,(H,24,29)(H,25,27). The number of hydrogen-bond donors (Lipinski definition) is 4. The molecule has 0 unspecified atom stereocenters. The van der Waals surface area contributed by atoms with Crippen LogP contribution in [0.3, 0.4) is 0 Å². The number of amides is 1. The molecule has 30 heavy (non-hydrogen) atoms. The van der Waals surface area contributed by atoms with Gasteiger partial charge in [-0.2, -0.15) is 0 Å². The van der Waals surface area contributed by atoms with E-state index in [4.69, 9.17) is 4.74 Å². The van der Waals surface area contributed by atoms with E-state index in [9.17, 15) is 9.18 Å². The number of fused-ring (bicyclic) bond motifs is 1. The first-order valence-corrected chi connectivity index (χ1v) is 9.75. The van der Waals surface area contributed by atoms with Gasteiger partial charge in [0.1, 0.15) is 5.82 Å². The molecule has 0 saturated heterocycles. The van der Waals surface area contributed by atoms with Gasteiger partial charge in [-0.25, -0.2) is 9.37 Å². The highest BCUT2D eigenvalue weighted by molar-refractivity contribution is 6.05. The number of carbonyl (C=O) groups excluding carboxylic acids is 1. The summed E-state index contributed by atoms with van der Waals surface area (Å²) >= 11 is 0. The number of ether oxygens (including phenoxy) is 1. The van der Waals surface area contributed by atoms with Gasteiger partial charge in [0.2, 0.25) is 0 Å². The number of hydrazine groups is 2. The minimum atomic E-state index is -0.590. The van der Waals surface area contributed by atoms with Crippen LogP contribution in [-0.2, 0) is 11.3 Å². The van der Waals surface area contributed by atoms with E-state index in [1.807, 2.05) is 18.2 Å². The van der Waals surface area contributed by atoms with Crippen molar-refractivity contribution in [2.24, 2.45) is 0 Å². The molecule has 1 aromatic heterocycles. The molecule has 5 rings (SSSR count). The van der Waals surface area contributed by atoms with Gasteiger partial charge in [0, 0.05) is 11.3 Å². The average molecular weight is 405 g/mol. The Labute approximate surface area is 172 Å². The summed E-state index contributed by atoms with van der Waals surface area (Å²) in [5.41, 5.74) is 12.2. The summed E-state index contributed by atoms with van der Waals surface area (Å²) in [5.74, 6) is -0.471. The third-order valence-electron chi connectivity index (χ3n) is 5.00. The van der Waals surface area contributed by atoms with Crippen LogP contribution in [0.2, 0.25) is 0 Å². The fourth-order valence-corrected chi connectivity index (χ4v) is 3.16. The van der Waals surface area contributed by atoms with Gasteiger partial charge in [0.05, 0.1) is 29.7 Å². The summed E-state index contributed by atoms with van der Waals surface area (Å²) in [6.45, 7) is 0.559. The number of carbonyl (C=O) groups is 1. The molecule has 1 aliphatic heterocycles. The molecule has 7 nitrogen and oxygen atoms in total. The lowest BCUT2D eigenvalue weighted by Gasteiger charge is -2.10. The quantitative estimate of drug-likeness (QED) is 0.494. The van der Waals surface area contributed by atoms with Crippen molar-refractivity contribution >= 4 is 23.1 Å². The zero-order chi connectivity index (χ0) is 20.5. The van der Waals surface area contributed by atoms with Crippen molar-refractivity contribution < 1.29 is 13.9 Å². The van der Waals surface area contributed by atoms with Crippen molar-refractivity contribution in [2.75, 3.05) is 16.2 Å². The molecule has 1 amide bonds. The van der Waals surface area contributed by atoms with E-state index < -0.39 is 11.7 Å². The molecular formula is C22H20FN5O2. The number of anilines is 3. The molecular weight excluding hydrogens is 385 g/mol. The molecule has 0 bridgehead atoms. The average Bonchev–Trinajstić information content (AvgIpc) is 3.48. The van der Waals surface area contributed by atoms with E-state index in [1.165, 1.54) is 12.1 Å². The zero-order valence-electron chi connectivity index (χ0n) is 16.0. The Morgan fingerprint density at radius 2 is 1.93 bits per heavy atom. The summed E-state index contributed by atoms with van der Waals surface area (Å²) in [7, 11) is 0. The van der Waals surface area contributed by atoms with Crippen LogP contribution in [-0.4, -0.2) is 17.0 Å². The number of hydrogen-bond acceptors (Lipinski definition) is 6. The maximum Gasteiger partial charge on any atom is 0.258 e. The van der Waals surface area contributed by atoms with E-state index in [0.29, 0.717) is 35.5 Å². The normalized spacial score (nSPS) is 14.6. The van der Waals surface area contributed by atoms with Gasteiger partial charge in [0.15, 0.2) is 5.82 Å². The number of benzene rings is 2. The minimum absolute atomic E-state index is 0.0415. The fraction of sp³-hybridized carbons (Fsp3) is 0.182. The van der Waals surface area contributed by atoms with E-state index in [1.54, 1.807) is 24.3 Å². The highest BCUT2D eigenvalue weighted by atomic mass is 19.1. The first kappa shape index (κ1) is 18.5. The van der Waals surface area contributed by atoms with Crippen LogP contribution >= 0.6 is 0 Å². The molecule has 2 aromatic carbocycles. The lowest BCUT2D eigenvalue weighted by atomic mass is 10.1. The molecule has 152 valence electrons. The summed E-state index contributed by atoms with van der Waals surface area (Å²) < 4.78 is 20.0. The zero-order valence-corrected chi connectivity index (χ0v) is 16.0. The smallest absolute Gasteiger partial charge is 0.258 e. The number of aromatic nitrogens is 1. The first-order valence-electron chi connectivity index (χ1n) is 9.75. The Morgan fingerprint density at radius 1 is 1.10 bits per heavy atom. The van der Waals surface area contributed by atoms with E-state index in [0.717, 1.165) is 24.1 Å².